The van der Waals surface area contributed by atoms with Crippen LogP contribution in [0.4, 0.5) is 15.2 Å². The molecule has 0 fully saturated rings. The van der Waals surface area contributed by atoms with E-state index in [9.17, 15) is 17.6 Å². The van der Waals surface area contributed by atoms with Gasteiger partial charge in [-0.15, -0.1) is 10.2 Å². The number of aryl methyl sites for hydroxylation is 2. The Morgan fingerprint density at radius 3 is 2.65 bits per heavy atom. The highest BCUT2D eigenvalue weighted by molar-refractivity contribution is 7.92. The summed E-state index contributed by atoms with van der Waals surface area (Å²) in [5, 5.41) is 11.9. The lowest BCUT2D eigenvalue weighted by atomic mass is 10.1. The van der Waals surface area contributed by atoms with Gasteiger partial charge in [-0.2, -0.15) is 0 Å². The fourth-order valence-electron chi connectivity index (χ4n) is 2.86. The van der Waals surface area contributed by atoms with Crippen LogP contribution in [0.15, 0.2) is 47.4 Å². The van der Waals surface area contributed by atoms with Crippen molar-refractivity contribution in [3.8, 4) is 0 Å². The highest BCUT2D eigenvalue weighted by Gasteiger charge is 2.20. The van der Waals surface area contributed by atoms with Crippen LogP contribution >= 0.6 is 11.3 Å². The molecule has 0 saturated heterocycles. The molecule has 0 aliphatic carbocycles. The van der Waals surface area contributed by atoms with Crippen LogP contribution in [-0.4, -0.2) is 24.5 Å². The third kappa shape index (κ3) is 5.86. The number of hydrogen-bond acceptors (Lipinski definition) is 6. The van der Waals surface area contributed by atoms with Gasteiger partial charge in [0, 0.05) is 12.0 Å². The number of amides is 1. The first kappa shape index (κ1) is 22.8. The number of para-hydroxylation sites is 1. The number of unbranched alkanes of at least 4 members (excludes halogenated alkanes) is 2. The Balaban J connectivity index is 1.77. The molecule has 0 spiro atoms. The minimum Gasteiger partial charge on any atom is -0.296 e. The molecule has 2 aromatic carbocycles. The van der Waals surface area contributed by atoms with Gasteiger partial charge < -0.3 is 0 Å². The topological polar surface area (TPSA) is 101 Å². The molecule has 3 rings (SSSR count). The molecule has 1 heterocycles. The first-order chi connectivity index (χ1) is 14.8. The van der Waals surface area contributed by atoms with Crippen molar-refractivity contribution in [1.29, 1.82) is 0 Å². The van der Waals surface area contributed by atoms with Gasteiger partial charge in [-0.3, -0.25) is 14.8 Å². The van der Waals surface area contributed by atoms with Gasteiger partial charge >= 0.3 is 0 Å². The van der Waals surface area contributed by atoms with Crippen molar-refractivity contribution in [2.45, 2.75) is 44.4 Å². The van der Waals surface area contributed by atoms with Crippen molar-refractivity contribution in [2.75, 3.05) is 10.0 Å². The summed E-state index contributed by atoms with van der Waals surface area (Å²) in [5.74, 6) is -1.18. The van der Waals surface area contributed by atoms with Crippen LogP contribution in [0.2, 0.25) is 0 Å². The van der Waals surface area contributed by atoms with E-state index in [4.69, 9.17) is 0 Å². The standard InChI is InChI=1S/C21H23FN4O3S2/c1-3-4-5-10-19-24-25-21(30-19)23-20(27)16-13-15(12-11-14(16)2)31(28,29)26-18-9-7-6-8-17(18)22/h6-9,11-13,26H,3-5,10H2,1-2H3,(H,23,25,27). The highest BCUT2D eigenvalue weighted by atomic mass is 32.2. The molecular formula is C21H23FN4O3S2. The fraction of sp³-hybridized carbons (Fsp3) is 0.286. The SMILES string of the molecule is CCCCCc1nnc(NC(=O)c2cc(S(=O)(=O)Nc3ccccc3F)ccc2C)s1. The first-order valence-corrected chi connectivity index (χ1v) is 12.1. The minimum atomic E-state index is -4.09. The largest absolute Gasteiger partial charge is 0.296 e. The Hall–Kier alpha value is -2.85. The predicted molar refractivity (Wildman–Crippen MR) is 119 cm³/mol. The summed E-state index contributed by atoms with van der Waals surface area (Å²) in [6.45, 7) is 3.82. The monoisotopic (exact) mass is 462 g/mol. The number of benzene rings is 2. The number of nitrogens with one attached hydrogen (secondary N) is 2. The van der Waals surface area contributed by atoms with Crippen molar-refractivity contribution in [3.05, 3.63) is 64.4 Å². The molecular weight excluding hydrogens is 439 g/mol. The summed E-state index contributed by atoms with van der Waals surface area (Å²) in [6.07, 6.45) is 4.01. The van der Waals surface area contributed by atoms with E-state index < -0.39 is 21.7 Å². The Morgan fingerprint density at radius 1 is 1.13 bits per heavy atom. The number of nitrogens with zero attached hydrogens (tertiary/aromatic N) is 2. The maximum atomic E-state index is 13.8. The quantitative estimate of drug-likeness (QED) is 0.446. The molecule has 7 nitrogen and oxygen atoms in total. The van der Waals surface area contributed by atoms with Crippen LogP contribution in [0.5, 0.6) is 0 Å². The summed E-state index contributed by atoms with van der Waals surface area (Å²) in [7, 11) is -4.09. The van der Waals surface area contributed by atoms with Gasteiger partial charge in [0.2, 0.25) is 5.13 Å². The molecule has 10 heteroatoms. The van der Waals surface area contributed by atoms with E-state index in [1.165, 1.54) is 47.7 Å². The predicted octanol–water partition coefficient (Wildman–Crippen LogP) is 4.77. The maximum absolute atomic E-state index is 13.8. The van der Waals surface area contributed by atoms with Crippen LogP contribution in [0.25, 0.3) is 0 Å². The Bertz CT molecular complexity index is 1180. The molecule has 31 heavy (non-hydrogen) atoms. The van der Waals surface area contributed by atoms with E-state index >= 15 is 0 Å². The summed E-state index contributed by atoms with van der Waals surface area (Å²) in [6, 6.07) is 9.62. The smallest absolute Gasteiger partial charge is 0.262 e. The van der Waals surface area contributed by atoms with E-state index in [1.807, 2.05) is 0 Å². The van der Waals surface area contributed by atoms with Gasteiger partial charge in [0.05, 0.1) is 10.6 Å². The first-order valence-electron chi connectivity index (χ1n) is 9.82. The van der Waals surface area contributed by atoms with Crippen LogP contribution in [0.1, 0.15) is 47.1 Å². The second-order valence-electron chi connectivity index (χ2n) is 6.97. The number of carbonyl (C=O) groups excluding carboxylic acids is 1. The zero-order chi connectivity index (χ0) is 22.4. The minimum absolute atomic E-state index is 0.149. The highest BCUT2D eigenvalue weighted by Crippen LogP contribution is 2.23. The van der Waals surface area contributed by atoms with Crippen molar-refractivity contribution in [1.82, 2.24) is 10.2 Å². The average Bonchev–Trinajstić information content (AvgIpc) is 3.17. The van der Waals surface area contributed by atoms with Gasteiger partial charge in [0.1, 0.15) is 10.8 Å². The van der Waals surface area contributed by atoms with Crippen molar-refractivity contribution >= 4 is 38.1 Å². The van der Waals surface area contributed by atoms with Gasteiger partial charge in [0.25, 0.3) is 15.9 Å². The second-order valence-corrected chi connectivity index (χ2v) is 9.72. The molecule has 0 bridgehead atoms. The molecule has 164 valence electrons. The molecule has 0 saturated carbocycles. The third-order valence-corrected chi connectivity index (χ3v) is 6.83. The van der Waals surface area contributed by atoms with Gasteiger partial charge in [-0.05, 0) is 43.2 Å². The second kappa shape index (κ2) is 9.97. The van der Waals surface area contributed by atoms with Crippen molar-refractivity contribution < 1.29 is 17.6 Å². The lowest BCUT2D eigenvalue weighted by Crippen LogP contribution is -2.17. The third-order valence-electron chi connectivity index (χ3n) is 4.56. The van der Waals surface area contributed by atoms with Crippen LogP contribution < -0.4 is 10.0 Å². The normalized spacial score (nSPS) is 11.3. The zero-order valence-electron chi connectivity index (χ0n) is 17.2. The number of aromatic nitrogens is 2. The molecule has 1 aromatic heterocycles. The van der Waals surface area contributed by atoms with E-state index in [1.54, 1.807) is 6.92 Å². The molecule has 1 amide bonds. The van der Waals surface area contributed by atoms with Crippen LogP contribution in [0, 0.1) is 12.7 Å². The number of halogens is 1. The number of sulfonamides is 1. The molecule has 0 unspecified atom stereocenters. The van der Waals surface area contributed by atoms with Gasteiger partial charge in [-0.1, -0.05) is 49.3 Å². The number of carbonyl (C=O) groups is 1. The summed E-state index contributed by atoms with van der Waals surface area (Å²) >= 11 is 1.30. The molecule has 0 radical (unpaired) electrons. The molecule has 0 atom stereocenters. The summed E-state index contributed by atoms with van der Waals surface area (Å²) < 4.78 is 41.5. The van der Waals surface area contributed by atoms with Crippen molar-refractivity contribution in [3.63, 3.8) is 0 Å². The van der Waals surface area contributed by atoms with E-state index in [0.717, 1.165) is 36.8 Å². The molecule has 0 aliphatic heterocycles. The number of anilines is 2. The summed E-state index contributed by atoms with van der Waals surface area (Å²) in [5.41, 5.74) is 0.604. The number of rotatable bonds is 9. The van der Waals surface area contributed by atoms with Gasteiger partial charge in [-0.25, -0.2) is 12.8 Å². The molecule has 0 aliphatic rings. The Kier molecular flexibility index (Phi) is 7.34. The van der Waals surface area contributed by atoms with E-state index in [0.29, 0.717) is 10.7 Å². The zero-order valence-corrected chi connectivity index (χ0v) is 18.8. The average molecular weight is 463 g/mol. The van der Waals surface area contributed by atoms with Crippen LogP contribution in [-0.2, 0) is 16.4 Å². The van der Waals surface area contributed by atoms with Crippen molar-refractivity contribution in [2.24, 2.45) is 0 Å². The fourth-order valence-corrected chi connectivity index (χ4v) is 4.73. The Morgan fingerprint density at radius 2 is 1.90 bits per heavy atom. The summed E-state index contributed by atoms with van der Waals surface area (Å²) in [4.78, 5) is 12.6. The molecule has 2 N–H and O–H groups in total. The maximum Gasteiger partial charge on any atom is 0.262 e. The lowest BCUT2D eigenvalue weighted by molar-refractivity contribution is 0.102. The number of hydrogen-bond donors (Lipinski definition) is 2. The molecule has 3 aromatic rings. The van der Waals surface area contributed by atoms with Crippen LogP contribution in [0.3, 0.4) is 0 Å². The lowest BCUT2D eigenvalue weighted by Gasteiger charge is -2.11. The van der Waals surface area contributed by atoms with E-state index in [-0.39, 0.29) is 16.1 Å². The van der Waals surface area contributed by atoms with E-state index in [2.05, 4.69) is 27.2 Å². The Labute approximate surface area is 184 Å². The van der Waals surface area contributed by atoms with Gasteiger partial charge in [0.15, 0.2) is 0 Å².